The maximum Gasteiger partial charge on any atom is 0.321 e. The van der Waals surface area contributed by atoms with Crippen LogP contribution in [0.2, 0.25) is 0 Å². The second kappa shape index (κ2) is 6.19. The highest BCUT2D eigenvalue weighted by Gasteiger charge is 2.27. The number of halogens is 1. The third-order valence-electron chi connectivity index (χ3n) is 2.88. The quantitative estimate of drug-likeness (QED) is 0.645. The Morgan fingerprint density at radius 3 is 2.50 bits per heavy atom. The molecule has 2 N–H and O–H groups in total. The summed E-state index contributed by atoms with van der Waals surface area (Å²) >= 11 is 0. The molecule has 0 aromatic heterocycles. The van der Waals surface area contributed by atoms with Crippen LogP contribution in [0.3, 0.4) is 0 Å². The number of methoxy groups -OCH3 is 1. The first-order chi connectivity index (χ1) is 9.23. The Bertz CT molecular complexity index is 593. The zero-order valence-corrected chi connectivity index (χ0v) is 12.3. The summed E-state index contributed by atoms with van der Waals surface area (Å²) in [5.74, 6) is -1.41. The van der Waals surface area contributed by atoms with Crippen molar-refractivity contribution in [1.82, 2.24) is 4.31 Å². The summed E-state index contributed by atoms with van der Waals surface area (Å²) in [4.78, 5) is 10.9. The third-order valence-corrected chi connectivity index (χ3v) is 4.78. The number of ether oxygens (including phenoxy) is 1. The molecule has 1 aromatic rings. The van der Waals surface area contributed by atoms with Crippen LogP contribution in [0.4, 0.5) is 10.1 Å². The lowest BCUT2D eigenvalue weighted by atomic mass is 10.2. The Hall–Kier alpha value is -1.67. The number of nitrogens with zero attached hydrogens (tertiary/aromatic N) is 1. The van der Waals surface area contributed by atoms with E-state index in [2.05, 4.69) is 4.74 Å². The minimum Gasteiger partial charge on any atom is -0.468 e. The Kier molecular flexibility index (Phi) is 5.07. The summed E-state index contributed by atoms with van der Waals surface area (Å²) in [5.41, 5.74) is 5.79. The van der Waals surface area contributed by atoms with Gasteiger partial charge in [0.25, 0.3) is 0 Å². The number of nitrogens with two attached hydrogens (primary N) is 1. The van der Waals surface area contributed by atoms with Crippen molar-refractivity contribution >= 4 is 21.7 Å². The van der Waals surface area contributed by atoms with Gasteiger partial charge in [-0.25, -0.2) is 12.8 Å². The van der Waals surface area contributed by atoms with Gasteiger partial charge >= 0.3 is 5.97 Å². The van der Waals surface area contributed by atoms with E-state index in [0.29, 0.717) is 0 Å². The van der Waals surface area contributed by atoms with E-state index in [4.69, 9.17) is 5.73 Å². The Morgan fingerprint density at radius 2 is 2.05 bits per heavy atom. The van der Waals surface area contributed by atoms with Crippen LogP contribution in [-0.2, 0) is 19.6 Å². The number of rotatable bonds is 5. The van der Waals surface area contributed by atoms with E-state index in [1.165, 1.54) is 13.0 Å². The molecule has 0 saturated heterocycles. The summed E-state index contributed by atoms with van der Waals surface area (Å²) in [5, 5.41) is 0. The van der Waals surface area contributed by atoms with Crippen LogP contribution >= 0.6 is 0 Å². The number of benzene rings is 1. The molecule has 0 saturated carbocycles. The van der Waals surface area contributed by atoms with Gasteiger partial charge in [-0.1, -0.05) is 6.92 Å². The van der Waals surface area contributed by atoms with Gasteiger partial charge in [-0.15, -0.1) is 0 Å². The summed E-state index contributed by atoms with van der Waals surface area (Å²) in [6.45, 7) is 2.62. The minimum absolute atomic E-state index is 0.0395. The zero-order chi connectivity index (χ0) is 15.5. The molecule has 0 aliphatic heterocycles. The Labute approximate surface area is 117 Å². The summed E-state index contributed by atoms with van der Waals surface area (Å²) < 4.78 is 43.6. The van der Waals surface area contributed by atoms with Gasteiger partial charge in [0.2, 0.25) is 10.0 Å². The summed E-state index contributed by atoms with van der Waals surface area (Å²) in [6, 6.07) is 2.06. The van der Waals surface area contributed by atoms with Crippen LogP contribution in [0.25, 0.3) is 0 Å². The summed E-state index contributed by atoms with van der Waals surface area (Å²) in [7, 11) is -2.85. The van der Waals surface area contributed by atoms with Crippen molar-refractivity contribution in [2.45, 2.75) is 18.7 Å². The molecular formula is C12H17FN2O4S. The molecule has 0 spiro atoms. The molecular weight excluding hydrogens is 287 g/mol. The van der Waals surface area contributed by atoms with Gasteiger partial charge in [0.05, 0.1) is 12.0 Å². The predicted molar refractivity (Wildman–Crippen MR) is 72.0 cm³/mol. The molecule has 0 unspecified atom stereocenters. The molecule has 0 aliphatic rings. The molecule has 1 aromatic carbocycles. The number of hydrogen-bond acceptors (Lipinski definition) is 5. The fourth-order valence-corrected chi connectivity index (χ4v) is 2.99. The molecule has 0 aliphatic carbocycles. The smallest absolute Gasteiger partial charge is 0.321 e. The third kappa shape index (κ3) is 3.26. The maximum absolute atomic E-state index is 13.6. The Balaban J connectivity index is 3.24. The molecule has 0 heterocycles. The van der Waals surface area contributed by atoms with Crippen molar-refractivity contribution in [3.05, 3.63) is 23.5 Å². The highest BCUT2D eigenvalue weighted by Crippen LogP contribution is 2.23. The van der Waals surface area contributed by atoms with Gasteiger partial charge in [-0.05, 0) is 19.1 Å². The van der Waals surface area contributed by atoms with Gasteiger partial charge in [-0.2, -0.15) is 4.31 Å². The second-order valence-electron chi connectivity index (χ2n) is 4.13. The molecule has 0 bridgehead atoms. The number of sulfonamides is 1. The van der Waals surface area contributed by atoms with Gasteiger partial charge in [0, 0.05) is 17.8 Å². The minimum atomic E-state index is -4.01. The van der Waals surface area contributed by atoms with Crippen molar-refractivity contribution in [2.24, 2.45) is 0 Å². The van der Waals surface area contributed by atoms with Gasteiger partial charge < -0.3 is 10.5 Å². The number of carbonyl (C=O) groups is 1. The van der Waals surface area contributed by atoms with E-state index >= 15 is 0 Å². The molecule has 20 heavy (non-hydrogen) atoms. The normalized spacial score (nSPS) is 11.7. The molecule has 0 amide bonds. The van der Waals surface area contributed by atoms with Crippen molar-refractivity contribution in [3.8, 4) is 0 Å². The van der Waals surface area contributed by atoms with E-state index in [9.17, 15) is 17.6 Å². The maximum atomic E-state index is 13.6. The van der Waals surface area contributed by atoms with Gasteiger partial charge in [0.1, 0.15) is 12.4 Å². The van der Waals surface area contributed by atoms with Crippen LogP contribution in [0.1, 0.15) is 12.5 Å². The molecule has 1 rings (SSSR count). The van der Waals surface area contributed by atoms with Gasteiger partial charge in [0.15, 0.2) is 0 Å². The number of anilines is 1. The average molecular weight is 304 g/mol. The van der Waals surface area contributed by atoms with Gasteiger partial charge in [-0.3, -0.25) is 4.79 Å². The Morgan fingerprint density at radius 1 is 1.45 bits per heavy atom. The van der Waals surface area contributed by atoms with E-state index in [1.807, 2.05) is 0 Å². The van der Waals surface area contributed by atoms with Crippen LogP contribution in [0, 0.1) is 12.7 Å². The number of likely N-dealkylation sites (N-methyl/N-ethyl adjacent to an activating group) is 1. The number of carbonyl (C=O) groups excluding carboxylic acids is 1. The fourth-order valence-electron chi connectivity index (χ4n) is 1.55. The van der Waals surface area contributed by atoms with Crippen LogP contribution < -0.4 is 5.73 Å². The highest BCUT2D eigenvalue weighted by atomic mass is 32.2. The monoisotopic (exact) mass is 304 g/mol. The van der Waals surface area contributed by atoms with Crippen LogP contribution in [0.15, 0.2) is 17.0 Å². The zero-order valence-electron chi connectivity index (χ0n) is 11.5. The lowest BCUT2D eigenvalue weighted by molar-refractivity contribution is -0.140. The molecule has 0 atom stereocenters. The fraction of sp³-hybridized carbons (Fsp3) is 0.417. The largest absolute Gasteiger partial charge is 0.468 e. The molecule has 0 fully saturated rings. The first-order valence-corrected chi connectivity index (χ1v) is 7.30. The van der Waals surface area contributed by atoms with E-state index in [-0.39, 0.29) is 22.7 Å². The van der Waals surface area contributed by atoms with Crippen molar-refractivity contribution in [1.29, 1.82) is 0 Å². The highest BCUT2D eigenvalue weighted by molar-refractivity contribution is 7.89. The van der Waals surface area contributed by atoms with Crippen molar-refractivity contribution < 1.29 is 22.3 Å². The van der Waals surface area contributed by atoms with Crippen molar-refractivity contribution in [3.63, 3.8) is 0 Å². The van der Waals surface area contributed by atoms with E-state index < -0.39 is 28.4 Å². The molecule has 0 radical (unpaired) electrons. The number of esters is 1. The lowest BCUT2D eigenvalue weighted by Crippen LogP contribution is -2.36. The summed E-state index contributed by atoms with van der Waals surface area (Å²) in [6.07, 6.45) is 0. The van der Waals surface area contributed by atoms with E-state index in [0.717, 1.165) is 17.5 Å². The first-order valence-electron chi connectivity index (χ1n) is 5.86. The van der Waals surface area contributed by atoms with E-state index in [1.54, 1.807) is 6.92 Å². The first kappa shape index (κ1) is 16.4. The average Bonchev–Trinajstić information content (AvgIpc) is 2.40. The second-order valence-corrected chi connectivity index (χ2v) is 6.06. The van der Waals surface area contributed by atoms with Crippen molar-refractivity contribution in [2.75, 3.05) is 25.9 Å². The number of nitrogen functional groups attached to an aromatic ring is 1. The SMILES string of the molecule is CCN(CC(=O)OC)S(=O)(=O)c1cc(N)c(C)c(F)c1. The molecule has 6 nitrogen and oxygen atoms in total. The number of hydrogen-bond donors (Lipinski definition) is 1. The molecule has 8 heteroatoms. The van der Waals surface area contributed by atoms with Crippen LogP contribution in [0.5, 0.6) is 0 Å². The standard InChI is InChI=1S/C12H17FN2O4S/c1-4-15(7-12(16)19-3)20(17,18)9-5-10(13)8(2)11(14)6-9/h5-6H,4,7,14H2,1-3H3. The topological polar surface area (TPSA) is 89.7 Å². The van der Waals surface area contributed by atoms with Crippen LogP contribution in [-0.4, -0.2) is 38.9 Å². The lowest BCUT2D eigenvalue weighted by Gasteiger charge is -2.19. The molecule has 112 valence electrons. The predicted octanol–water partition coefficient (Wildman–Crippen LogP) is 0.900.